The zero-order valence-electron chi connectivity index (χ0n) is 9.25. The van der Waals surface area contributed by atoms with E-state index in [2.05, 4.69) is 12.3 Å². The Kier molecular flexibility index (Phi) is 3.14. The van der Waals surface area contributed by atoms with E-state index in [-0.39, 0.29) is 12.0 Å². The van der Waals surface area contributed by atoms with Crippen molar-refractivity contribution in [3.63, 3.8) is 0 Å². The quantitative estimate of drug-likeness (QED) is 0.824. The predicted molar refractivity (Wildman–Crippen MR) is 64.5 cm³/mol. The molecule has 0 radical (unpaired) electrons. The number of aryl methyl sites for hydroxylation is 1. The minimum atomic E-state index is -0.235. The highest BCUT2D eigenvalue weighted by Crippen LogP contribution is 2.36. The topological polar surface area (TPSA) is 46.2 Å². The maximum Gasteiger partial charge on any atom is 0.0537 e. The lowest BCUT2D eigenvalue weighted by atomic mass is 9.80. The zero-order chi connectivity index (χ0) is 10.9. The van der Waals surface area contributed by atoms with Gasteiger partial charge in [0, 0.05) is 16.8 Å². The van der Waals surface area contributed by atoms with Gasteiger partial charge in [-0.25, -0.2) is 0 Å². The van der Waals surface area contributed by atoms with Crippen molar-refractivity contribution in [3.8, 4) is 0 Å². The minimum Gasteiger partial charge on any atom is -0.395 e. The molecule has 15 heavy (non-hydrogen) atoms. The maximum atomic E-state index is 9.48. The molecule has 0 spiro atoms. The van der Waals surface area contributed by atoms with Crippen LogP contribution in [-0.2, 0) is 18.3 Å². The van der Waals surface area contributed by atoms with Gasteiger partial charge in [0.1, 0.15) is 0 Å². The van der Waals surface area contributed by atoms with Crippen LogP contribution in [0.1, 0.15) is 35.8 Å². The smallest absolute Gasteiger partial charge is 0.0537 e. The lowest BCUT2D eigenvalue weighted by Crippen LogP contribution is -2.36. The van der Waals surface area contributed by atoms with Gasteiger partial charge in [-0.05, 0) is 42.2 Å². The fourth-order valence-electron chi connectivity index (χ4n) is 2.26. The number of rotatable bonds is 3. The van der Waals surface area contributed by atoms with E-state index >= 15 is 0 Å². The summed E-state index contributed by atoms with van der Waals surface area (Å²) in [6.07, 6.45) is 4.98. The summed E-state index contributed by atoms with van der Waals surface area (Å²) in [6.45, 7) is 2.73. The molecule has 2 nitrogen and oxygen atoms in total. The number of nitrogens with two attached hydrogens (primary N) is 1. The van der Waals surface area contributed by atoms with Crippen molar-refractivity contribution < 1.29 is 5.11 Å². The number of hydrogen-bond acceptors (Lipinski definition) is 3. The Bertz CT molecular complexity index is 341. The maximum absolute atomic E-state index is 9.48. The summed E-state index contributed by atoms with van der Waals surface area (Å²) in [4.78, 5) is 1.52. The molecule has 1 unspecified atom stereocenters. The van der Waals surface area contributed by atoms with Crippen molar-refractivity contribution in [1.82, 2.24) is 0 Å². The molecule has 0 fully saturated rings. The van der Waals surface area contributed by atoms with Gasteiger partial charge >= 0.3 is 0 Å². The van der Waals surface area contributed by atoms with Gasteiger partial charge in [-0.2, -0.15) is 0 Å². The van der Waals surface area contributed by atoms with Gasteiger partial charge in [-0.1, -0.05) is 6.92 Å². The van der Waals surface area contributed by atoms with E-state index in [1.165, 1.54) is 41.7 Å². The number of hydrogen-bond donors (Lipinski definition) is 2. The molecule has 0 aromatic carbocycles. The molecule has 1 aliphatic rings. The second-order valence-electron chi connectivity index (χ2n) is 4.68. The van der Waals surface area contributed by atoms with Crippen LogP contribution in [-0.4, -0.2) is 18.3 Å². The van der Waals surface area contributed by atoms with Gasteiger partial charge in [-0.15, -0.1) is 11.3 Å². The standard InChI is InChI=1S/C12H19NOS/c1-12(7-13,8-14)10-6-15-11-5-3-2-4-9(10)11/h6,14H,2-5,7-8,13H2,1H3. The average molecular weight is 225 g/mol. The predicted octanol–water partition coefficient (Wildman–Crippen LogP) is 1.84. The fraction of sp³-hybridized carbons (Fsp3) is 0.667. The molecule has 84 valence electrons. The molecule has 1 aliphatic carbocycles. The van der Waals surface area contributed by atoms with Gasteiger partial charge in [0.05, 0.1) is 6.61 Å². The lowest BCUT2D eigenvalue weighted by molar-refractivity contribution is 0.209. The van der Waals surface area contributed by atoms with E-state index in [0.29, 0.717) is 6.54 Å². The highest BCUT2D eigenvalue weighted by molar-refractivity contribution is 7.10. The van der Waals surface area contributed by atoms with Crippen LogP contribution in [0.4, 0.5) is 0 Å². The molecule has 3 N–H and O–H groups in total. The van der Waals surface area contributed by atoms with Crippen molar-refractivity contribution in [2.24, 2.45) is 5.73 Å². The number of aliphatic hydroxyl groups excluding tert-OH is 1. The molecule has 0 saturated carbocycles. The minimum absolute atomic E-state index is 0.146. The highest BCUT2D eigenvalue weighted by Gasteiger charge is 2.29. The summed E-state index contributed by atoms with van der Waals surface area (Å²) in [5.41, 5.74) is 8.33. The Hall–Kier alpha value is -0.380. The molecule has 0 saturated heterocycles. The van der Waals surface area contributed by atoms with Gasteiger partial charge in [-0.3, -0.25) is 0 Å². The monoisotopic (exact) mass is 225 g/mol. The van der Waals surface area contributed by atoms with Crippen molar-refractivity contribution >= 4 is 11.3 Å². The summed E-state index contributed by atoms with van der Waals surface area (Å²) < 4.78 is 0. The highest BCUT2D eigenvalue weighted by atomic mass is 32.1. The average Bonchev–Trinajstić information content (AvgIpc) is 2.72. The van der Waals surface area contributed by atoms with Crippen LogP contribution in [0.5, 0.6) is 0 Å². The first-order valence-electron chi connectivity index (χ1n) is 5.62. The fourth-order valence-corrected chi connectivity index (χ4v) is 3.56. The Morgan fingerprint density at radius 3 is 2.87 bits per heavy atom. The van der Waals surface area contributed by atoms with Crippen LogP contribution >= 0.6 is 11.3 Å². The SMILES string of the molecule is CC(CN)(CO)c1csc2c1CCCC2. The van der Waals surface area contributed by atoms with Crippen molar-refractivity contribution in [1.29, 1.82) is 0 Å². The second kappa shape index (κ2) is 4.24. The van der Waals surface area contributed by atoms with Crippen LogP contribution in [0.3, 0.4) is 0 Å². The van der Waals surface area contributed by atoms with Crippen LogP contribution in [0, 0.1) is 0 Å². The van der Waals surface area contributed by atoms with Crippen molar-refractivity contribution in [2.75, 3.05) is 13.2 Å². The largest absolute Gasteiger partial charge is 0.395 e. The van der Waals surface area contributed by atoms with E-state index in [0.717, 1.165) is 0 Å². The van der Waals surface area contributed by atoms with Gasteiger partial charge in [0.15, 0.2) is 0 Å². The molecule has 2 rings (SSSR count). The molecular weight excluding hydrogens is 206 g/mol. The first-order chi connectivity index (χ1) is 7.21. The van der Waals surface area contributed by atoms with Gasteiger partial charge in [0.2, 0.25) is 0 Å². The number of fused-ring (bicyclic) bond motifs is 1. The Morgan fingerprint density at radius 1 is 1.47 bits per heavy atom. The van der Waals surface area contributed by atoms with Crippen LogP contribution in [0.2, 0.25) is 0 Å². The molecule has 1 heterocycles. The van der Waals surface area contributed by atoms with Crippen molar-refractivity contribution in [2.45, 2.75) is 38.0 Å². The summed E-state index contributed by atoms with van der Waals surface area (Å²) in [5, 5.41) is 11.7. The molecule has 0 bridgehead atoms. The summed E-state index contributed by atoms with van der Waals surface area (Å²) in [7, 11) is 0. The van der Waals surface area contributed by atoms with E-state index < -0.39 is 0 Å². The Labute approximate surface area is 95.1 Å². The summed E-state index contributed by atoms with van der Waals surface area (Å²) >= 11 is 1.84. The Balaban J connectivity index is 2.39. The molecular formula is C12H19NOS. The molecule has 1 atom stereocenters. The Morgan fingerprint density at radius 2 is 2.20 bits per heavy atom. The van der Waals surface area contributed by atoms with Crippen molar-refractivity contribution in [3.05, 3.63) is 21.4 Å². The first-order valence-corrected chi connectivity index (χ1v) is 6.50. The number of aliphatic hydroxyl groups is 1. The molecule has 3 heteroatoms. The van der Waals surface area contributed by atoms with Gasteiger partial charge < -0.3 is 10.8 Å². The zero-order valence-corrected chi connectivity index (χ0v) is 10.1. The van der Waals surface area contributed by atoms with E-state index in [1.54, 1.807) is 0 Å². The first kappa shape index (κ1) is 11.1. The third-order valence-electron chi connectivity index (χ3n) is 3.51. The lowest BCUT2D eigenvalue weighted by Gasteiger charge is -2.27. The van der Waals surface area contributed by atoms with E-state index in [1.807, 2.05) is 11.3 Å². The second-order valence-corrected chi connectivity index (χ2v) is 5.65. The molecule has 1 aromatic rings. The third kappa shape index (κ3) is 1.84. The van der Waals surface area contributed by atoms with E-state index in [4.69, 9.17) is 5.73 Å². The number of thiophene rings is 1. The van der Waals surface area contributed by atoms with Crippen LogP contribution in [0.15, 0.2) is 5.38 Å². The van der Waals surface area contributed by atoms with Gasteiger partial charge in [0.25, 0.3) is 0 Å². The van der Waals surface area contributed by atoms with Crippen LogP contribution < -0.4 is 5.73 Å². The molecule has 0 aliphatic heterocycles. The normalized spacial score (nSPS) is 19.7. The van der Waals surface area contributed by atoms with E-state index in [9.17, 15) is 5.11 Å². The molecule has 1 aromatic heterocycles. The van der Waals surface area contributed by atoms with Crippen LogP contribution in [0.25, 0.3) is 0 Å². The third-order valence-corrected chi connectivity index (χ3v) is 4.60. The summed E-state index contributed by atoms with van der Waals surface area (Å²) in [6, 6.07) is 0. The molecule has 0 amide bonds. The summed E-state index contributed by atoms with van der Waals surface area (Å²) in [5.74, 6) is 0.